The van der Waals surface area contributed by atoms with Gasteiger partial charge in [-0.3, -0.25) is 9.59 Å². The fourth-order valence-corrected chi connectivity index (χ4v) is 4.73. The maximum Gasteiger partial charge on any atom is 0.339 e. The molecular weight excluding hydrogens is 484 g/mol. The molecule has 0 unspecified atom stereocenters. The van der Waals surface area contributed by atoms with E-state index in [0.717, 1.165) is 5.56 Å². The van der Waals surface area contributed by atoms with Gasteiger partial charge in [-0.15, -0.1) is 0 Å². The first-order chi connectivity index (χ1) is 16.9. The zero-order valence-electron chi connectivity index (χ0n) is 21.0. The lowest BCUT2D eigenvalue weighted by Crippen LogP contribution is -2.60. The fraction of sp³-hybridized carbons (Fsp3) is 0.444. The summed E-state index contributed by atoms with van der Waals surface area (Å²) in [5.41, 5.74) is -1.11. The number of carboxylic acid groups (broad SMARTS) is 1. The molecule has 0 aromatic heterocycles. The molecule has 9 heteroatoms. The standard InChI is InChI=1S/C27H33ClN2O6/c1-17(2)23(29-22(31)15-36-21-8-6-5-7-20(21)25(33)34)24(32)30-14-13-27(35,26(3,4)16-30)18-9-11-19(28)12-10-18/h5-12,17,23,35H,13-16H2,1-4H3,(H,29,31)(H,33,34)/t23-,27+/m1/s1. The van der Waals surface area contributed by atoms with Crippen LogP contribution in [0.25, 0.3) is 0 Å². The van der Waals surface area contributed by atoms with Gasteiger partial charge >= 0.3 is 5.97 Å². The monoisotopic (exact) mass is 516 g/mol. The molecule has 2 aromatic carbocycles. The number of halogens is 1. The second kappa shape index (κ2) is 10.9. The summed E-state index contributed by atoms with van der Waals surface area (Å²) < 4.78 is 5.42. The van der Waals surface area contributed by atoms with Gasteiger partial charge in [-0.2, -0.15) is 0 Å². The number of aliphatic hydroxyl groups is 1. The van der Waals surface area contributed by atoms with Crippen LogP contribution in [0, 0.1) is 11.3 Å². The maximum absolute atomic E-state index is 13.5. The van der Waals surface area contributed by atoms with E-state index < -0.39 is 35.5 Å². The number of carbonyl (C=O) groups excluding carboxylic acids is 2. The predicted molar refractivity (Wildman–Crippen MR) is 136 cm³/mol. The number of para-hydroxylation sites is 1. The number of aromatic carboxylic acids is 1. The number of nitrogens with one attached hydrogen (secondary N) is 1. The summed E-state index contributed by atoms with van der Waals surface area (Å²) in [5, 5.41) is 24.2. The Bertz CT molecular complexity index is 1120. The number of carbonyl (C=O) groups is 3. The molecule has 1 saturated heterocycles. The summed E-state index contributed by atoms with van der Waals surface area (Å²) >= 11 is 6.01. The highest BCUT2D eigenvalue weighted by atomic mass is 35.5. The molecule has 2 aromatic rings. The van der Waals surface area contributed by atoms with E-state index in [0.29, 0.717) is 24.5 Å². The number of likely N-dealkylation sites (tertiary alicyclic amines) is 1. The fourth-order valence-electron chi connectivity index (χ4n) is 4.61. The van der Waals surface area contributed by atoms with Gasteiger partial charge in [0.1, 0.15) is 17.4 Å². The van der Waals surface area contributed by atoms with Crippen molar-refractivity contribution in [3.05, 3.63) is 64.7 Å². The summed E-state index contributed by atoms with van der Waals surface area (Å²) in [6.45, 7) is 7.69. The Morgan fingerprint density at radius 1 is 1.11 bits per heavy atom. The number of nitrogens with zero attached hydrogens (tertiary/aromatic N) is 1. The number of ether oxygens (including phenoxy) is 1. The van der Waals surface area contributed by atoms with E-state index in [4.69, 9.17) is 16.3 Å². The summed E-state index contributed by atoms with van der Waals surface area (Å²) in [4.78, 5) is 39.1. The molecule has 36 heavy (non-hydrogen) atoms. The van der Waals surface area contributed by atoms with E-state index in [1.807, 2.05) is 27.7 Å². The number of hydrogen-bond donors (Lipinski definition) is 3. The lowest BCUT2D eigenvalue weighted by atomic mass is 9.66. The van der Waals surface area contributed by atoms with E-state index >= 15 is 0 Å². The average Bonchev–Trinajstić information content (AvgIpc) is 2.82. The number of piperidine rings is 1. The van der Waals surface area contributed by atoms with Gasteiger partial charge in [0.05, 0.1) is 5.60 Å². The molecule has 2 amide bonds. The van der Waals surface area contributed by atoms with Crippen LogP contribution in [-0.2, 0) is 15.2 Å². The van der Waals surface area contributed by atoms with Gasteiger partial charge in [0.15, 0.2) is 6.61 Å². The number of hydrogen-bond acceptors (Lipinski definition) is 5. The molecular formula is C27H33ClN2O6. The van der Waals surface area contributed by atoms with Gasteiger partial charge in [-0.05, 0) is 42.2 Å². The zero-order chi connectivity index (χ0) is 26.7. The molecule has 1 fully saturated rings. The van der Waals surface area contributed by atoms with Crippen molar-refractivity contribution in [2.24, 2.45) is 11.3 Å². The normalized spacial score (nSPS) is 20.0. The van der Waals surface area contributed by atoms with Gasteiger partial charge in [0, 0.05) is 23.5 Å². The Morgan fingerprint density at radius 3 is 2.33 bits per heavy atom. The van der Waals surface area contributed by atoms with E-state index in [1.54, 1.807) is 41.3 Å². The van der Waals surface area contributed by atoms with Crippen LogP contribution in [0.4, 0.5) is 0 Å². The molecule has 0 radical (unpaired) electrons. The molecule has 8 nitrogen and oxygen atoms in total. The summed E-state index contributed by atoms with van der Waals surface area (Å²) in [6, 6.07) is 12.3. The minimum atomic E-state index is -1.16. The van der Waals surface area contributed by atoms with Gasteiger partial charge in [-0.1, -0.05) is 63.6 Å². The molecule has 2 atom stereocenters. The Balaban J connectivity index is 1.68. The molecule has 1 heterocycles. The number of rotatable bonds is 8. The zero-order valence-corrected chi connectivity index (χ0v) is 21.7. The van der Waals surface area contributed by atoms with Gasteiger partial charge in [-0.25, -0.2) is 4.79 Å². The molecule has 0 bridgehead atoms. The molecule has 3 rings (SSSR count). The first kappa shape index (κ1) is 27.5. The van der Waals surface area contributed by atoms with Crippen molar-refractivity contribution in [2.45, 2.75) is 45.8 Å². The summed E-state index contributed by atoms with van der Waals surface area (Å²) in [7, 11) is 0. The van der Waals surface area contributed by atoms with E-state index in [9.17, 15) is 24.6 Å². The second-order valence-corrected chi connectivity index (χ2v) is 10.6. The number of amides is 2. The van der Waals surface area contributed by atoms with E-state index in [1.165, 1.54) is 12.1 Å². The largest absolute Gasteiger partial charge is 0.483 e. The Morgan fingerprint density at radius 2 is 1.75 bits per heavy atom. The minimum Gasteiger partial charge on any atom is -0.483 e. The third-order valence-corrected chi connectivity index (χ3v) is 7.06. The Labute approximate surface area is 216 Å². The van der Waals surface area contributed by atoms with Crippen molar-refractivity contribution < 1.29 is 29.3 Å². The van der Waals surface area contributed by atoms with Crippen molar-refractivity contribution in [1.82, 2.24) is 10.2 Å². The van der Waals surface area contributed by atoms with Crippen molar-refractivity contribution in [3.8, 4) is 5.75 Å². The van der Waals surface area contributed by atoms with Crippen LogP contribution < -0.4 is 10.1 Å². The van der Waals surface area contributed by atoms with Gasteiger partial charge < -0.3 is 25.2 Å². The smallest absolute Gasteiger partial charge is 0.339 e. The van der Waals surface area contributed by atoms with Crippen LogP contribution in [0.3, 0.4) is 0 Å². The minimum absolute atomic E-state index is 0.0505. The Hall–Kier alpha value is -3.10. The topological polar surface area (TPSA) is 116 Å². The van der Waals surface area contributed by atoms with Crippen molar-refractivity contribution in [3.63, 3.8) is 0 Å². The maximum atomic E-state index is 13.5. The van der Waals surface area contributed by atoms with Crippen LogP contribution in [-0.4, -0.2) is 58.6 Å². The van der Waals surface area contributed by atoms with Crippen molar-refractivity contribution in [1.29, 1.82) is 0 Å². The molecule has 1 aliphatic rings. The van der Waals surface area contributed by atoms with Gasteiger partial charge in [0.25, 0.3) is 5.91 Å². The van der Waals surface area contributed by atoms with Crippen LogP contribution in [0.2, 0.25) is 5.02 Å². The number of carboxylic acids is 1. The van der Waals surface area contributed by atoms with E-state index in [2.05, 4.69) is 5.32 Å². The molecule has 194 valence electrons. The van der Waals surface area contributed by atoms with Crippen LogP contribution in [0.15, 0.2) is 48.5 Å². The average molecular weight is 517 g/mol. The molecule has 0 spiro atoms. The van der Waals surface area contributed by atoms with Crippen molar-refractivity contribution in [2.75, 3.05) is 19.7 Å². The van der Waals surface area contributed by atoms with Crippen LogP contribution >= 0.6 is 11.6 Å². The van der Waals surface area contributed by atoms with Crippen molar-refractivity contribution >= 4 is 29.4 Å². The third kappa shape index (κ3) is 5.82. The lowest BCUT2D eigenvalue weighted by molar-refractivity contribution is -0.156. The molecule has 0 saturated carbocycles. The van der Waals surface area contributed by atoms with E-state index in [-0.39, 0.29) is 23.1 Å². The number of benzene rings is 2. The Kier molecular flexibility index (Phi) is 8.31. The third-order valence-electron chi connectivity index (χ3n) is 6.81. The highest BCUT2D eigenvalue weighted by molar-refractivity contribution is 6.30. The predicted octanol–water partition coefficient (Wildman–Crippen LogP) is 3.70. The first-order valence-electron chi connectivity index (χ1n) is 11.9. The molecule has 1 aliphatic heterocycles. The van der Waals surface area contributed by atoms with Crippen LogP contribution in [0.5, 0.6) is 5.75 Å². The second-order valence-electron chi connectivity index (χ2n) is 10.1. The summed E-state index contributed by atoms with van der Waals surface area (Å²) in [6.07, 6.45) is 0.335. The highest BCUT2D eigenvalue weighted by Gasteiger charge is 2.50. The van der Waals surface area contributed by atoms with Gasteiger partial charge in [0.2, 0.25) is 5.91 Å². The summed E-state index contributed by atoms with van der Waals surface area (Å²) in [5.74, 6) is -2.06. The molecule has 0 aliphatic carbocycles. The molecule has 3 N–H and O–H groups in total. The first-order valence-corrected chi connectivity index (χ1v) is 12.3. The SMILES string of the molecule is CC(C)[C@@H](NC(=O)COc1ccccc1C(=O)O)C(=O)N1CC[C@](O)(c2ccc(Cl)cc2)C(C)(C)C1. The van der Waals surface area contributed by atoms with Crippen LogP contribution in [0.1, 0.15) is 50.0 Å². The highest BCUT2D eigenvalue weighted by Crippen LogP contribution is 2.46. The lowest BCUT2D eigenvalue weighted by Gasteiger charge is -2.51. The quantitative estimate of drug-likeness (QED) is 0.492.